The monoisotopic (exact) mass is 688 g/mol. The van der Waals surface area contributed by atoms with Gasteiger partial charge in [-0.1, -0.05) is 153 Å². The van der Waals surface area contributed by atoms with Gasteiger partial charge in [-0.05, 0) is 93.5 Å². The first-order chi connectivity index (χ1) is 26.7. The maximum atomic E-state index is 4.08. The molecule has 2 heteroatoms. The van der Waals surface area contributed by atoms with Crippen LogP contribution in [0.1, 0.15) is 11.1 Å². The first kappa shape index (κ1) is 31.6. The van der Waals surface area contributed by atoms with Crippen molar-refractivity contribution >= 4 is 55.8 Å². The van der Waals surface area contributed by atoms with Crippen molar-refractivity contribution in [1.82, 2.24) is 9.13 Å². The van der Waals surface area contributed by atoms with Gasteiger partial charge < -0.3 is 9.13 Å². The molecule has 0 spiro atoms. The topological polar surface area (TPSA) is 9.86 Å². The molecule has 8 aromatic carbocycles. The highest BCUT2D eigenvalue weighted by Gasteiger charge is 2.18. The van der Waals surface area contributed by atoms with E-state index in [1.165, 1.54) is 65.9 Å². The summed E-state index contributed by atoms with van der Waals surface area (Å²) >= 11 is 0. The fraction of sp³-hybridized carbons (Fsp3) is 0. The van der Waals surface area contributed by atoms with Crippen LogP contribution in [0.25, 0.3) is 101 Å². The summed E-state index contributed by atoms with van der Waals surface area (Å²) in [7, 11) is 0. The molecular formula is C52H36N2. The lowest BCUT2D eigenvalue weighted by atomic mass is 9.97. The standard InChI is InChI=1S/C52H36N2/c1-3-35-25-26-41(31-36(35)4-2)43-19-8-11-22-48(43)54-50-24-13-9-20-44(50)46-29-27-40(34-52(46)54)39-28-30-51-47(33-39)45-21-10-12-23-49(45)53(51)42-18-14-17-38(32-42)37-15-6-5-7-16-37/h3-34H,1-2H2. The van der Waals surface area contributed by atoms with E-state index in [0.29, 0.717) is 0 Å². The third kappa shape index (κ3) is 5.03. The predicted molar refractivity (Wildman–Crippen MR) is 232 cm³/mol. The van der Waals surface area contributed by atoms with Gasteiger partial charge in [0, 0.05) is 32.8 Å². The summed E-state index contributed by atoms with van der Waals surface area (Å²) in [5.74, 6) is 0. The van der Waals surface area contributed by atoms with Crippen LogP contribution in [0.2, 0.25) is 0 Å². The third-order valence-electron chi connectivity index (χ3n) is 10.9. The van der Waals surface area contributed by atoms with Crippen molar-refractivity contribution in [3.05, 3.63) is 206 Å². The predicted octanol–water partition coefficient (Wildman–Crippen LogP) is 14.2. The van der Waals surface area contributed by atoms with Gasteiger partial charge in [0.05, 0.1) is 27.8 Å². The van der Waals surface area contributed by atoms with E-state index in [0.717, 1.165) is 33.6 Å². The first-order valence-corrected chi connectivity index (χ1v) is 18.4. The first-order valence-electron chi connectivity index (χ1n) is 18.4. The zero-order valence-electron chi connectivity index (χ0n) is 29.8. The van der Waals surface area contributed by atoms with Gasteiger partial charge in [0.15, 0.2) is 0 Å². The van der Waals surface area contributed by atoms with E-state index >= 15 is 0 Å². The maximum absolute atomic E-state index is 4.08. The van der Waals surface area contributed by atoms with Gasteiger partial charge in [-0.15, -0.1) is 0 Å². The fourth-order valence-corrected chi connectivity index (χ4v) is 8.31. The van der Waals surface area contributed by atoms with E-state index < -0.39 is 0 Å². The zero-order chi connectivity index (χ0) is 36.2. The molecule has 0 saturated carbocycles. The quantitative estimate of drug-likeness (QED) is 0.158. The SMILES string of the molecule is C=Cc1ccc(-c2ccccc2-n2c3ccccc3c3ccc(-c4ccc5c(c4)c4ccccc4n5-c4cccc(-c5ccccc5)c4)cc32)cc1C=C. The van der Waals surface area contributed by atoms with Crippen molar-refractivity contribution in [2.45, 2.75) is 0 Å². The normalized spacial score (nSPS) is 11.5. The Bertz CT molecular complexity index is 3080. The summed E-state index contributed by atoms with van der Waals surface area (Å²) < 4.78 is 4.83. The Labute approximate surface area is 314 Å². The lowest BCUT2D eigenvalue weighted by Crippen LogP contribution is -1.97. The van der Waals surface area contributed by atoms with E-state index in [9.17, 15) is 0 Å². The van der Waals surface area contributed by atoms with E-state index in [2.05, 4.69) is 204 Å². The van der Waals surface area contributed by atoms with Crippen molar-refractivity contribution in [1.29, 1.82) is 0 Å². The van der Waals surface area contributed by atoms with E-state index in [4.69, 9.17) is 0 Å². The van der Waals surface area contributed by atoms with Gasteiger partial charge in [0.1, 0.15) is 0 Å². The van der Waals surface area contributed by atoms with Crippen molar-refractivity contribution in [2.75, 3.05) is 0 Å². The molecule has 0 unspecified atom stereocenters. The average molecular weight is 689 g/mol. The van der Waals surface area contributed by atoms with Gasteiger partial charge in [0.25, 0.3) is 0 Å². The number of nitrogens with zero attached hydrogens (tertiary/aromatic N) is 2. The summed E-state index contributed by atoms with van der Waals surface area (Å²) in [6.45, 7) is 8.09. The minimum atomic E-state index is 1.07. The molecule has 2 aromatic heterocycles. The number of hydrogen-bond acceptors (Lipinski definition) is 0. The summed E-state index contributed by atoms with van der Waals surface area (Å²) in [5.41, 5.74) is 16.3. The second-order valence-corrected chi connectivity index (χ2v) is 13.9. The Morgan fingerprint density at radius 1 is 0.333 bits per heavy atom. The molecule has 0 N–H and O–H groups in total. The van der Waals surface area contributed by atoms with Crippen LogP contribution in [0.15, 0.2) is 195 Å². The summed E-state index contributed by atoms with van der Waals surface area (Å²) in [5, 5.41) is 4.94. The molecule has 254 valence electrons. The minimum Gasteiger partial charge on any atom is -0.309 e. The van der Waals surface area contributed by atoms with Crippen molar-refractivity contribution in [3.8, 4) is 44.8 Å². The van der Waals surface area contributed by atoms with Crippen LogP contribution in [0.5, 0.6) is 0 Å². The lowest BCUT2D eigenvalue weighted by Gasteiger charge is -2.15. The lowest BCUT2D eigenvalue weighted by molar-refractivity contribution is 1.18. The Morgan fingerprint density at radius 2 is 0.926 bits per heavy atom. The van der Waals surface area contributed by atoms with Crippen LogP contribution < -0.4 is 0 Å². The fourth-order valence-electron chi connectivity index (χ4n) is 8.31. The van der Waals surface area contributed by atoms with Crippen LogP contribution >= 0.6 is 0 Å². The highest BCUT2D eigenvalue weighted by Crippen LogP contribution is 2.40. The molecule has 2 nitrogen and oxygen atoms in total. The smallest absolute Gasteiger partial charge is 0.0547 e. The maximum Gasteiger partial charge on any atom is 0.0547 e. The Kier molecular flexibility index (Phi) is 7.49. The van der Waals surface area contributed by atoms with Crippen molar-refractivity contribution in [2.24, 2.45) is 0 Å². The molecule has 0 radical (unpaired) electrons. The van der Waals surface area contributed by atoms with Crippen LogP contribution in [-0.2, 0) is 0 Å². The zero-order valence-corrected chi connectivity index (χ0v) is 29.8. The van der Waals surface area contributed by atoms with Crippen LogP contribution in [0.4, 0.5) is 0 Å². The molecule has 0 saturated heterocycles. The molecular weight excluding hydrogens is 653 g/mol. The van der Waals surface area contributed by atoms with Crippen molar-refractivity contribution in [3.63, 3.8) is 0 Å². The van der Waals surface area contributed by atoms with E-state index in [1.807, 2.05) is 12.2 Å². The van der Waals surface area contributed by atoms with Gasteiger partial charge >= 0.3 is 0 Å². The van der Waals surface area contributed by atoms with Gasteiger partial charge in [-0.2, -0.15) is 0 Å². The molecule has 10 rings (SSSR count). The summed E-state index contributed by atoms with van der Waals surface area (Å²) in [6.07, 6.45) is 3.80. The summed E-state index contributed by atoms with van der Waals surface area (Å²) in [6, 6.07) is 66.1. The van der Waals surface area contributed by atoms with Crippen molar-refractivity contribution < 1.29 is 0 Å². The molecule has 0 aliphatic heterocycles. The molecule has 0 bridgehead atoms. The molecule has 0 fully saturated rings. The summed E-state index contributed by atoms with van der Waals surface area (Å²) in [4.78, 5) is 0. The Hall–Kier alpha value is -7.16. The minimum absolute atomic E-state index is 1.07. The number of benzene rings is 8. The molecule has 10 aromatic rings. The third-order valence-corrected chi connectivity index (χ3v) is 10.9. The molecule has 0 aliphatic rings. The highest BCUT2D eigenvalue weighted by molar-refractivity contribution is 6.12. The molecule has 2 heterocycles. The van der Waals surface area contributed by atoms with Crippen LogP contribution in [0, 0.1) is 0 Å². The average Bonchev–Trinajstić information content (AvgIpc) is 3.76. The van der Waals surface area contributed by atoms with Gasteiger partial charge in [-0.3, -0.25) is 0 Å². The van der Waals surface area contributed by atoms with Crippen LogP contribution in [0.3, 0.4) is 0 Å². The largest absolute Gasteiger partial charge is 0.309 e. The molecule has 54 heavy (non-hydrogen) atoms. The number of para-hydroxylation sites is 3. The number of rotatable bonds is 7. The molecule has 0 aliphatic carbocycles. The van der Waals surface area contributed by atoms with Gasteiger partial charge in [0.2, 0.25) is 0 Å². The number of aromatic nitrogens is 2. The second kappa shape index (κ2) is 12.8. The Balaban J connectivity index is 1.16. The Morgan fingerprint density at radius 3 is 1.74 bits per heavy atom. The number of fused-ring (bicyclic) bond motifs is 6. The molecule has 0 amide bonds. The molecule has 0 atom stereocenters. The van der Waals surface area contributed by atoms with E-state index in [1.54, 1.807) is 0 Å². The second-order valence-electron chi connectivity index (χ2n) is 13.9. The highest BCUT2D eigenvalue weighted by atomic mass is 15.0. The van der Waals surface area contributed by atoms with Crippen LogP contribution in [-0.4, -0.2) is 9.13 Å². The number of hydrogen-bond donors (Lipinski definition) is 0. The van der Waals surface area contributed by atoms with E-state index in [-0.39, 0.29) is 0 Å². The van der Waals surface area contributed by atoms with Gasteiger partial charge in [-0.25, -0.2) is 0 Å².